The minimum atomic E-state index is -3.49. The molecule has 0 aromatic carbocycles. The number of nitrogens with zero attached hydrogens (tertiary/aromatic N) is 6. The van der Waals surface area contributed by atoms with E-state index in [2.05, 4.69) is 25.4 Å². The average molecular weight is 535 g/mol. The summed E-state index contributed by atoms with van der Waals surface area (Å²) < 4.78 is 44.0. The second-order valence-electron chi connectivity index (χ2n) is 9.11. The number of sulfone groups is 1. The van der Waals surface area contributed by atoms with Crippen molar-refractivity contribution in [1.82, 2.24) is 20.1 Å². The van der Waals surface area contributed by atoms with Crippen molar-refractivity contribution in [2.75, 3.05) is 36.7 Å². The zero-order valence-corrected chi connectivity index (χ0v) is 21.8. The maximum atomic E-state index is 14.8. The SMILES string of the molecule is CO[N+](=O)c1c(NC2=CC=C(S(C)(=O)=O)CC=C2F)ncnc1N1CCC(c2nc(C(C)C)no2)CC1. The summed E-state index contributed by atoms with van der Waals surface area (Å²) in [5.41, 5.74) is -0.0845. The first-order valence-electron chi connectivity index (χ1n) is 11.8. The van der Waals surface area contributed by atoms with Gasteiger partial charge in [-0.05, 0) is 31.1 Å². The van der Waals surface area contributed by atoms with Gasteiger partial charge < -0.3 is 14.7 Å². The first kappa shape index (κ1) is 26.4. The zero-order chi connectivity index (χ0) is 26.7. The monoisotopic (exact) mass is 534 g/mol. The zero-order valence-electron chi connectivity index (χ0n) is 21.0. The van der Waals surface area contributed by atoms with Gasteiger partial charge in [-0.25, -0.2) is 27.6 Å². The van der Waals surface area contributed by atoms with Crippen molar-refractivity contribution in [3.63, 3.8) is 0 Å². The van der Waals surface area contributed by atoms with Gasteiger partial charge in [0, 0.05) is 42.5 Å². The van der Waals surface area contributed by atoms with E-state index < -0.39 is 15.7 Å². The van der Waals surface area contributed by atoms with E-state index in [-0.39, 0.29) is 45.3 Å². The van der Waals surface area contributed by atoms with E-state index in [4.69, 9.17) is 9.36 Å². The topological polar surface area (TPSA) is 143 Å². The quantitative estimate of drug-likeness (QED) is 0.494. The summed E-state index contributed by atoms with van der Waals surface area (Å²) in [6, 6.07) is 0. The fourth-order valence-corrected chi connectivity index (χ4v) is 4.77. The van der Waals surface area contributed by atoms with Crippen molar-refractivity contribution in [3.8, 4) is 0 Å². The van der Waals surface area contributed by atoms with Crippen LogP contribution >= 0.6 is 0 Å². The smallest absolute Gasteiger partial charge is 0.351 e. The third-order valence-corrected chi connectivity index (χ3v) is 7.43. The Balaban J connectivity index is 1.59. The van der Waals surface area contributed by atoms with Gasteiger partial charge in [0.15, 0.2) is 22.8 Å². The molecule has 1 saturated heterocycles. The Morgan fingerprint density at radius 1 is 1.24 bits per heavy atom. The first-order chi connectivity index (χ1) is 17.6. The number of rotatable bonds is 8. The van der Waals surface area contributed by atoms with Gasteiger partial charge in [-0.3, -0.25) is 0 Å². The fraction of sp³-hybridized carbons (Fsp3) is 0.478. The highest BCUT2D eigenvalue weighted by Gasteiger charge is 2.35. The van der Waals surface area contributed by atoms with Crippen LogP contribution in [0.4, 0.5) is 21.7 Å². The molecule has 1 aliphatic carbocycles. The standard InChI is InChI=1S/C23H29FN7O5S/c1-14(2)20-28-23(36-29-20)15-9-11-30(12-10-15)22-19(31(32)35-3)21(25-13-26-22)27-18-8-6-16(37(4,33)34)5-7-17(18)24/h6-8,13-15H,5,9-12H2,1-4H3,(H,25,26,27)/q+1. The van der Waals surface area contributed by atoms with Crippen molar-refractivity contribution >= 4 is 27.2 Å². The molecule has 4 rings (SSSR count). The summed E-state index contributed by atoms with van der Waals surface area (Å²) in [5.74, 6) is 1.15. The molecule has 3 heterocycles. The molecule has 2 aromatic rings. The van der Waals surface area contributed by atoms with E-state index in [9.17, 15) is 17.7 Å². The van der Waals surface area contributed by atoms with Crippen LogP contribution in [0.25, 0.3) is 0 Å². The molecule has 1 aliphatic heterocycles. The maximum absolute atomic E-state index is 14.8. The predicted molar refractivity (Wildman–Crippen MR) is 133 cm³/mol. The number of hydrogen-bond acceptors (Lipinski definition) is 11. The average Bonchev–Trinajstić information content (AvgIpc) is 3.29. The third-order valence-electron chi connectivity index (χ3n) is 6.17. The van der Waals surface area contributed by atoms with Gasteiger partial charge in [-0.1, -0.05) is 19.0 Å². The van der Waals surface area contributed by atoms with Crippen molar-refractivity contribution in [2.45, 2.75) is 44.9 Å². The Morgan fingerprint density at radius 3 is 2.59 bits per heavy atom. The van der Waals surface area contributed by atoms with Crippen LogP contribution in [-0.4, -0.2) is 59.9 Å². The predicted octanol–water partition coefficient (Wildman–Crippen LogP) is 3.82. The molecule has 2 aromatic heterocycles. The number of hydrogen-bond donors (Lipinski definition) is 1. The van der Waals surface area contributed by atoms with Crippen LogP contribution in [0.15, 0.2) is 45.5 Å². The van der Waals surface area contributed by atoms with Crippen molar-refractivity contribution in [1.29, 1.82) is 0 Å². The van der Waals surface area contributed by atoms with Gasteiger partial charge in [-0.2, -0.15) is 4.98 Å². The number of halogens is 1. The van der Waals surface area contributed by atoms with E-state index in [1.165, 1.54) is 25.6 Å². The van der Waals surface area contributed by atoms with Gasteiger partial charge >= 0.3 is 5.69 Å². The molecule has 198 valence electrons. The summed E-state index contributed by atoms with van der Waals surface area (Å²) in [5, 5.41) is 6.84. The van der Waals surface area contributed by atoms with Gasteiger partial charge in [0.2, 0.25) is 17.5 Å². The second-order valence-corrected chi connectivity index (χ2v) is 11.2. The Hall–Kier alpha value is -3.68. The number of allylic oxidation sites excluding steroid dienone is 5. The van der Waals surface area contributed by atoms with Crippen LogP contribution < -0.4 is 10.2 Å². The highest BCUT2D eigenvalue weighted by Crippen LogP contribution is 2.37. The van der Waals surface area contributed by atoms with Crippen LogP contribution in [-0.2, 0) is 14.7 Å². The molecule has 0 amide bonds. The van der Waals surface area contributed by atoms with Crippen LogP contribution in [0.3, 0.4) is 0 Å². The molecular weight excluding hydrogens is 505 g/mol. The lowest BCUT2D eigenvalue weighted by Crippen LogP contribution is -2.34. The van der Waals surface area contributed by atoms with E-state index in [1.54, 1.807) is 0 Å². The molecule has 12 nitrogen and oxygen atoms in total. The highest BCUT2D eigenvalue weighted by atomic mass is 32.2. The lowest BCUT2D eigenvalue weighted by Gasteiger charge is -2.30. The van der Waals surface area contributed by atoms with Gasteiger partial charge in [-0.15, -0.1) is 0 Å². The molecule has 0 saturated carbocycles. The summed E-state index contributed by atoms with van der Waals surface area (Å²) >= 11 is 0. The van der Waals surface area contributed by atoms with Gasteiger partial charge in [0.1, 0.15) is 12.2 Å². The van der Waals surface area contributed by atoms with E-state index >= 15 is 0 Å². The number of nitrogens with one attached hydrogen (secondary N) is 1. The van der Waals surface area contributed by atoms with Gasteiger partial charge in [0.05, 0.1) is 10.6 Å². The molecule has 0 unspecified atom stereocenters. The van der Waals surface area contributed by atoms with Crippen LogP contribution in [0.1, 0.15) is 56.7 Å². The molecule has 0 atom stereocenters. The fourth-order valence-electron chi connectivity index (χ4n) is 4.07. The minimum Gasteiger partial charge on any atom is -0.351 e. The summed E-state index contributed by atoms with van der Waals surface area (Å²) in [7, 11) is -2.29. The van der Waals surface area contributed by atoms with E-state index in [0.29, 0.717) is 43.5 Å². The summed E-state index contributed by atoms with van der Waals surface area (Å²) in [4.78, 5) is 32.8. The van der Waals surface area contributed by atoms with Crippen LogP contribution in [0.5, 0.6) is 0 Å². The Kier molecular flexibility index (Phi) is 7.66. The van der Waals surface area contributed by atoms with Gasteiger partial charge in [0.25, 0.3) is 4.92 Å². The minimum absolute atomic E-state index is 0.00783. The Labute approximate surface area is 213 Å². The lowest BCUT2D eigenvalue weighted by molar-refractivity contribution is -0.735. The molecule has 1 N–H and O–H groups in total. The van der Waals surface area contributed by atoms with Crippen molar-refractivity contribution in [3.05, 3.63) is 57.6 Å². The summed E-state index contributed by atoms with van der Waals surface area (Å²) in [6.07, 6.45) is 7.39. The second kappa shape index (κ2) is 10.7. The maximum Gasteiger partial charge on any atom is 0.400 e. The van der Waals surface area contributed by atoms with Crippen LogP contribution in [0.2, 0.25) is 0 Å². The summed E-state index contributed by atoms with van der Waals surface area (Å²) in [6.45, 7) is 5.08. The molecule has 1 fully saturated rings. The highest BCUT2D eigenvalue weighted by molar-refractivity contribution is 7.94. The molecule has 0 spiro atoms. The number of aromatic nitrogens is 4. The van der Waals surface area contributed by atoms with E-state index in [1.807, 2.05) is 18.7 Å². The molecule has 14 heteroatoms. The Bertz CT molecular complexity index is 1380. The largest absolute Gasteiger partial charge is 0.400 e. The normalized spacial score (nSPS) is 17.1. The van der Waals surface area contributed by atoms with E-state index in [0.717, 1.165) is 12.3 Å². The van der Waals surface area contributed by atoms with Crippen molar-refractivity contribution < 1.29 is 27.1 Å². The molecule has 0 radical (unpaired) electrons. The first-order valence-corrected chi connectivity index (χ1v) is 13.7. The third kappa shape index (κ3) is 5.84. The number of anilines is 2. The molecule has 37 heavy (non-hydrogen) atoms. The molecule has 0 bridgehead atoms. The van der Waals surface area contributed by atoms with Crippen molar-refractivity contribution in [2.24, 2.45) is 0 Å². The van der Waals surface area contributed by atoms with Crippen LogP contribution in [0, 0.1) is 4.91 Å². The molecule has 2 aliphatic rings. The lowest BCUT2D eigenvalue weighted by atomic mass is 9.96. The number of piperidine rings is 1. The molecular formula is C23H29FN7O5S+. The Morgan fingerprint density at radius 2 is 1.97 bits per heavy atom.